The van der Waals surface area contributed by atoms with Crippen molar-refractivity contribution in [3.05, 3.63) is 51.5 Å². The van der Waals surface area contributed by atoms with Gasteiger partial charge < -0.3 is 5.73 Å². The summed E-state index contributed by atoms with van der Waals surface area (Å²) < 4.78 is 0. The lowest BCUT2D eigenvalue weighted by molar-refractivity contribution is 0.315. The Hall–Kier alpha value is -1.23. The zero-order valence-corrected chi connectivity index (χ0v) is 11.7. The first-order valence-electron chi connectivity index (χ1n) is 6.05. The van der Waals surface area contributed by atoms with Crippen LogP contribution < -0.4 is 5.73 Å². The Morgan fingerprint density at radius 1 is 1.17 bits per heavy atom. The summed E-state index contributed by atoms with van der Waals surface area (Å²) in [5.74, 6) is 0. The largest absolute Gasteiger partial charge is 0.326 e. The fourth-order valence-electron chi connectivity index (χ4n) is 1.91. The van der Waals surface area contributed by atoms with Crippen LogP contribution in [0.3, 0.4) is 0 Å². The zero-order chi connectivity index (χ0) is 13.0. The van der Waals surface area contributed by atoms with Gasteiger partial charge in [0.25, 0.3) is 0 Å². The van der Waals surface area contributed by atoms with E-state index in [1.165, 1.54) is 11.1 Å². The summed E-state index contributed by atoms with van der Waals surface area (Å²) in [5, 5.41) is 3.26. The molecule has 1 aromatic carbocycles. The summed E-state index contributed by atoms with van der Waals surface area (Å²) in [4.78, 5) is 6.75. The number of rotatable bonds is 5. The average Bonchev–Trinajstić information content (AvgIpc) is 2.75. The standard InChI is InChI=1S/C14H19N3S/c1-11-16-14(10-18-11)9-17(2)8-13-5-3-12(7-15)4-6-13/h3-6,10H,7-9,15H2,1-2H3. The van der Waals surface area contributed by atoms with Gasteiger partial charge in [0.15, 0.2) is 0 Å². The molecular formula is C14H19N3S. The Morgan fingerprint density at radius 3 is 2.39 bits per heavy atom. The highest BCUT2D eigenvalue weighted by molar-refractivity contribution is 7.09. The summed E-state index contributed by atoms with van der Waals surface area (Å²) in [7, 11) is 2.12. The van der Waals surface area contributed by atoms with Crippen LogP contribution in [0.2, 0.25) is 0 Å². The summed E-state index contributed by atoms with van der Waals surface area (Å²) in [5.41, 5.74) is 9.22. The predicted octanol–water partition coefficient (Wildman–Crippen LogP) is 2.54. The molecule has 3 nitrogen and oxygen atoms in total. The van der Waals surface area contributed by atoms with E-state index in [2.05, 4.69) is 46.6 Å². The lowest BCUT2D eigenvalue weighted by Gasteiger charge is -2.15. The molecule has 0 saturated heterocycles. The number of nitrogens with zero attached hydrogens (tertiary/aromatic N) is 2. The minimum absolute atomic E-state index is 0.605. The van der Waals surface area contributed by atoms with Crippen LogP contribution in [0.1, 0.15) is 21.8 Å². The van der Waals surface area contributed by atoms with Gasteiger partial charge >= 0.3 is 0 Å². The van der Waals surface area contributed by atoms with Crippen LogP contribution in [0.15, 0.2) is 29.6 Å². The molecule has 0 fully saturated rings. The minimum Gasteiger partial charge on any atom is -0.326 e. The first-order valence-corrected chi connectivity index (χ1v) is 6.93. The molecule has 2 rings (SSSR count). The number of hydrogen-bond donors (Lipinski definition) is 1. The van der Waals surface area contributed by atoms with Crippen molar-refractivity contribution in [1.82, 2.24) is 9.88 Å². The Kier molecular flexibility index (Phi) is 4.47. The van der Waals surface area contributed by atoms with Crippen LogP contribution >= 0.6 is 11.3 Å². The third-order valence-corrected chi connectivity index (χ3v) is 3.63. The van der Waals surface area contributed by atoms with E-state index in [0.29, 0.717) is 6.54 Å². The molecule has 0 saturated carbocycles. The number of aryl methyl sites for hydroxylation is 1. The van der Waals surface area contributed by atoms with Gasteiger partial charge in [-0.3, -0.25) is 4.90 Å². The van der Waals surface area contributed by atoms with Gasteiger partial charge in [-0.05, 0) is 25.1 Å². The molecule has 1 aromatic heterocycles. The van der Waals surface area contributed by atoms with E-state index in [4.69, 9.17) is 5.73 Å². The lowest BCUT2D eigenvalue weighted by atomic mass is 10.1. The lowest BCUT2D eigenvalue weighted by Crippen LogP contribution is -2.17. The molecule has 2 aromatic rings. The van der Waals surface area contributed by atoms with Crippen molar-refractivity contribution in [2.75, 3.05) is 7.05 Å². The number of thiazole rings is 1. The van der Waals surface area contributed by atoms with Crippen LogP contribution in [0.5, 0.6) is 0 Å². The molecule has 0 bridgehead atoms. The smallest absolute Gasteiger partial charge is 0.0897 e. The summed E-state index contributed by atoms with van der Waals surface area (Å²) >= 11 is 1.71. The minimum atomic E-state index is 0.605. The molecule has 18 heavy (non-hydrogen) atoms. The van der Waals surface area contributed by atoms with Gasteiger partial charge in [0, 0.05) is 25.0 Å². The van der Waals surface area contributed by atoms with Crippen molar-refractivity contribution < 1.29 is 0 Å². The number of nitrogens with two attached hydrogens (primary N) is 1. The molecule has 0 aliphatic rings. The molecule has 0 atom stereocenters. The maximum absolute atomic E-state index is 5.59. The van der Waals surface area contributed by atoms with Gasteiger partial charge in [-0.1, -0.05) is 24.3 Å². The molecule has 0 spiro atoms. The summed E-state index contributed by atoms with van der Waals surface area (Å²) in [6.45, 7) is 4.47. The van der Waals surface area contributed by atoms with Gasteiger partial charge in [-0.25, -0.2) is 4.98 Å². The molecular weight excluding hydrogens is 242 g/mol. The van der Waals surface area contributed by atoms with Gasteiger partial charge in [0.05, 0.1) is 10.7 Å². The van der Waals surface area contributed by atoms with Crippen molar-refractivity contribution in [3.63, 3.8) is 0 Å². The second-order valence-corrected chi connectivity index (χ2v) is 5.61. The normalized spacial score (nSPS) is 11.1. The topological polar surface area (TPSA) is 42.2 Å². The predicted molar refractivity (Wildman–Crippen MR) is 76.4 cm³/mol. The molecule has 2 N–H and O–H groups in total. The zero-order valence-electron chi connectivity index (χ0n) is 10.9. The summed E-state index contributed by atoms with van der Waals surface area (Å²) in [6, 6.07) is 8.47. The van der Waals surface area contributed by atoms with E-state index in [0.717, 1.165) is 23.8 Å². The molecule has 0 amide bonds. The van der Waals surface area contributed by atoms with Crippen molar-refractivity contribution in [3.8, 4) is 0 Å². The molecule has 1 heterocycles. The maximum atomic E-state index is 5.59. The van der Waals surface area contributed by atoms with E-state index in [1.54, 1.807) is 11.3 Å². The third kappa shape index (κ3) is 3.63. The maximum Gasteiger partial charge on any atom is 0.0897 e. The fraction of sp³-hybridized carbons (Fsp3) is 0.357. The third-order valence-electron chi connectivity index (χ3n) is 2.81. The number of aromatic nitrogens is 1. The average molecular weight is 261 g/mol. The molecule has 0 aliphatic heterocycles. The highest BCUT2D eigenvalue weighted by atomic mass is 32.1. The van der Waals surface area contributed by atoms with Crippen molar-refractivity contribution in [2.45, 2.75) is 26.6 Å². The molecule has 4 heteroatoms. The van der Waals surface area contributed by atoms with Gasteiger partial charge in [0.2, 0.25) is 0 Å². The van der Waals surface area contributed by atoms with Gasteiger partial charge in [-0.15, -0.1) is 11.3 Å². The highest BCUT2D eigenvalue weighted by Crippen LogP contribution is 2.12. The molecule has 0 aliphatic carbocycles. The number of hydrogen-bond acceptors (Lipinski definition) is 4. The Balaban J connectivity index is 1.91. The second-order valence-electron chi connectivity index (χ2n) is 4.55. The highest BCUT2D eigenvalue weighted by Gasteiger charge is 2.04. The van der Waals surface area contributed by atoms with Gasteiger partial charge in [-0.2, -0.15) is 0 Å². The molecule has 0 radical (unpaired) electrons. The quantitative estimate of drug-likeness (QED) is 0.899. The molecule has 0 unspecified atom stereocenters. The van der Waals surface area contributed by atoms with E-state index in [-0.39, 0.29) is 0 Å². The van der Waals surface area contributed by atoms with Gasteiger partial charge in [0.1, 0.15) is 0 Å². The first-order chi connectivity index (χ1) is 8.67. The Morgan fingerprint density at radius 2 is 1.83 bits per heavy atom. The van der Waals surface area contributed by atoms with Crippen LogP contribution in [-0.4, -0.2) is 16.9 Å². The molecule has 96 valence electrons. The SMILES string of the molecule is Cc1nc(CN(C)Cc2ccc(CN)cc2)cs1. The Labute approximate surface area is 112 Å². The Bertz CT molecular complexity index is 490. The van der Waals surface area contributed by atoms with E-state index >= 15 is 0 Å². The van der Waals surface area contributed by atoms with Crippen LogP contribution in [0, 0.1) is 6.92 Å². The fourth-order valence-corrected chi connectivity index (χ4v) is 2.51. The number of benzene rings is 1. The van der Waals surface area contributed by atoms with Crippen LogP contribution in [-0.2, 0) is 19.6 Å². The van der Waals surface area contributed by atoms with Crippen LogP contribution in [0.25, 0.3) is 0 Å². The first kappa shape index (κ1) is 13.2. The van der Waals surface area contributed by atoms with Crippen LogP contribution in [0.4, 0.5) is 0 Å². The summed E-state index contributed by atoms with van der Waals surface area (Å²) in [6.07, 6.45) is 0. The van der Waals surface area contributed by atoms with E-state index < -0.39 is 0 Å². The van der Waals surface area contributed by atoms with E-state index in [1.807, 2.05) is 6.92 Å². The van der Waals surface area contributed by atoms with E-state index in [9.17, 15) is 0 Å². The monoisotopic (exact) mass is 261 g/mol. The van der Waals surface area contributed by atoms with Crippen molar-refractivity contribution in [2.24, 2.45) is 5.73 Å². The van der Waals surface area contributed by atoms with Crippen molar-refractivity contribution in [1.29, 1.82) is 0 Å². The second kappa shape index (κ2) is 6.09. The van der Waals surface area contributed by atoms with Crippen molar-refractivity contribution >= 4 is 11.3 Å².